The second-order valence-corrected chi connectivity index (χ2v) is 9.51. The Morgan fingerprint density at radius 3 is 2.37 bits per heavy atom. The van der Waals surface area contributed by atoms with Crippen molar-refractivity contribution in [3.05, 3.63) is 64.7 Å². The maximum Gasteiger partial charge on any atom is 0.295 e. The van der Waals surface area contributed by atoms with E-state index in [-0.39, 0.29) is 11.3 Å². The zero-order valence-electron chi connectivity index (χ0n) is 21.5. The molecule has 0 bridgehead atoms. The van der Waals surface area contributed by atoms with Crippen LogP contribution >= 0.6 is 0 Å². The number of Topliss-reactive ketones (excluding diaryl/α,β-unsaturated/α-hetero) is 1. The average molecular weight is 481 g/mol. The molecular weight excluding hydrogens is 444 g/mol. The minimum absolute atomic E-state index is 0.0975. The lowest BCUT2D eigenvalue weighted by Crippen LogP contribution is -2.31. The van der Waals surface area contributed by atoms with E-state index in [4.69, 9.17) is 9.47 Å². The summed E-state index contributed by atoms with van der Waals surface area (Å²) in [6.07, 6.45) is 0.580. The minimum atomic E-state index is -0.681. The molecule has 1 fully saturated rings. The molecule has 0 radical (unpaired) electrons. The lowest BCUT2D eigenvalue weighted by Gasteiger charge is -2.26. The monoisotopic (exact) mass is 480 g/mol. The van der Waals surface area contributed by atoms with E-state index in [1.807, 2.05) is 50.2 Å². The highest BCUT2D eigenvalue weighted by molar-refractivity contribution is 6.46. The molecule has 2 aromatic rings. The molecule has 7 heteroatoms. The Bertz CT molecular complexity index is 1090. The smallest absolute Gasteiger partial charge is 0.295 e. The van der Waals surface area contributed by atoms with E-state index in [0.29, 0.717) is 37.7 Å². The number of aliphatic hydroxyl groups is 1. The largest absolute Gasteiger partial charge is 0.507 e. The molecule has 1 atom stereocenters. The summed E-state index contributed by atoms with van der Waals surface area (Å²) in [5.74, 6) is -0.364. The Labute approximate surface area is 207 Å². The van der Waals surface area contributed by atoms with Crippen molar-refractivity contribution < 1.29 is 24.2 Å². The summed E-state index contributed by atoms with van der Waals surface area (Å²) < 4.78 is 11.0. The van der Waals surface area contributed by atoms with Crippen molar-refractivity contribution in [1.82, 2.24) is 4.90 Å². The molecule has 1 aliphatic rings. The number of nitrogens with zero attached hydrogens (tertiary/aromatic N) is 2. The first-order valence-electron chi connectivity index (χ1n) is 11.9. The van der Waals surface area contributed by atoms with E-state index in [1.165, 1.54) is 4.90 Å². The predicted molar refractivity (Wildman–Crippen MR) is 138 cm³/mol. The summed E-state index contributed by atoms with van der Waals surface area (Å²) in [5.41, 5.74) is 3.18. The highest BCUT2D eigenvalue weighted by Crippen LogP contribution is 2.40. The van der Waals surface area contributed by atoms with Crippen LogP contribution in [-0.4, -0.2) is 62.7 Å². The minimum Gasteiger partial charge on any atom is -0.507 e. The Morgan fingerprint density at radius 2 is 1.80 bits per heavy atom. The number of methoxy groups -OCH3 is 1. The van der Waals surface area contributed by atoms with Gasteiger partial charge in [0.1, 0.15) is 11.5 Å². The van der Waals surface area contributed by atoms with Crippen molar-refractivity contribution in [2.75, 3.05) is 45.9 Å². The molecule has 1 amide bonds. The van der Waals surface area contributed by atoms with Gasteiger partial charge in [-0.1, -0.05) is 26.0 Å². The van der Waals surface area contributed by atoms with Gasteiger partial charge in [-0.3, -0.25) is 9.59 Å². The number of likely N-dealkylation sites (tertiary alicyclic amines) is 1. The van der Waals surface area contributed by atoms with Gasteiger partial charge in [-0.15, -0.1) is 0 Å². The molecule has 1 saturated heterocycles. The molecule has 0 spiro atoms. The third kappa shape index (κ3) is 5.85. The molecule has 0 aliphatic carbocycles. The molecule has 0 saturated carbocycles. The van der Waals surface area contributed by atoms with Gasteiger partial charge >= 0.3 is 0 Å². The van der Waals surface area contributed by atoms with Gasteiger partial charge in [0.05, 0.1) is 18.2 Å². The molecular formula is C28H36N2O5. The van der Waals surface area contributed by atoms with Crippen molar-refractivity contribution in [3.8, 4) is 5.75 Å². The van der Waals surface area contributed by atoms with Gasteiger partial charge in [0.2, 0.25) is 0 Å². The molecule has 1 unspecified atom stereocenters. The van der Waals surface area contributed by atoms with Crippen LogP contribution in [0.4, 0.5) is 5.69 Å². The first-order valence-corrected chi connectivity index (χ1v) is 11.9. The van der Waals surface area contributed by atoms with E-state index < -0.39 is 17.7 Å². The SMILES string of the molecule is COCCCN1C(=O)C(=O)/C(=C(\O)c2ccc(OCC(C)C)c(C)c2)C1c1ccc(N(C)C)cc1. The van der Waals surface area contributed by atoms with Crippen LogP contribution in [0.1, 0.15) is 43.0 Å². The van der Waals surface area contributed by atoms with Crippen LogP contribution in [0.2, 0.25) is 0 Å². The van der Waals surface area contributed by atoms with Crippen LogP contribution in [0.3, 0.4) is 0 Å². The Morgan fingerprint density at radius 1 is 1.11 bits per heavy atom. The molecule has 1 N–H and O–H groups in total. The summed E-state index contributed by atoms with van der Waals surface area (Å²) in [7, 11) is 5.49. The van der Waals surface area contributed by atoms with Crippen molar-refractivity contribution in [2.24, 2.45) is 5.92 Å². The van der Waals surface area contributed by atoms with Gasteiger partial charge in [0.25, 0.3) is 11.7 Å². The number of amides is 1. The van der Waals surface area contributed by atoms with Gasteiger partial charge in [0.15, 0.2) is 0 Å². The van der Waals surface area contributed by atoms with E-state index in [0.717, 1.165) is 22.6 Å². The maximum atomic E-state index is 13.2. The van der Waals surface area contributed by atoms with Crippen LogP contribution in [0, 0.1) is 12.8 Å². The maximum absolute atomic E-state index is 13.2. The third-order valence-electron chi connectivity index (χ3n) is 6.03. The van der Waals surface area contributed by atoms with Gasteiger partial charge in [0, 0.05) is 45.6 Å². The summed E-state index contributed by atoms with van der Waals surface area (Å²) in [5, 5.41) is 11.3. The Kier molecular flexibility index (Phi) is 8.57. The molecule has 1 aliphatic heterocycles. The highest BCUT2D eigenvalue weighted by Gasteiger charge is 2.45. The summed E-state index contributed by atoms with van der Waals surface area (Å²) in [4.78, 5) is 29.7. The van der Waals surface area contributed by atoms with Crippen molar-refractivity contribution in [3.63, 3.8) is 0 Å². The zero-order valence-corrected chi connectivity index (χ0v) is 21.5. The second kappa shape index (κ2) is 11.4. The van der Waals surface area contributed by atoms with E-state index in [2.05, 4.69) is 13.8 Å². The first kappa shape index (κ1) is 26.3. The number of ether oxygens (including phenoxy) is 2. The van der Waals surface area contributed by atoms with Gasteiger partial charge in [-0.25, -0.2) is 0 Å². The Hall–Kier alpha value is -3.32. The molecule has 1 heterocycles. The molecule has 0 aromatic heterocycles. The van der Waals surface area contributed by atoms with Crippen LogP contribution in [0.25, 0.3) is 5.76 Å². The number of hydrogen-bond acceptors (Lipinski definition) is 6. The van der Waals surface area contributed by atoms with Gasteiger partial charge in [-0.2, -0.15) is 0 Å². The summed E-state index contributed by atoms with van der Waals surface area (Å²) >= 11 is 0. The van der Waals surface area contributed by atoms with Crippen molar-refractivity contribution in [1.29, 1.82) is 0 Å². The lowest BCUT2D eigenvalue weighted by atomic mass is 9.94. The number of aliphatic hydroxyl groups excluding tert-OH is 1. The molecule has 3 rings (SSSR count). The normalized spacial score (nSPS) is 17.3. The van der Waals surface area contributed by atoms with Crippen molar-refractivity contribution >= 4 is 23.1 Å². The topological polar surface area (TPSA) is 79.3 Å². The average Bonchev–Trinajstić information content (AvgIpc) is 3.08. The second-order valence-electron chi connectivity index (χ2n) is 9.51. The highest BCUT2D eigenvalue weighted by atomic mass is 16.5. The summed E-state index contributed by atoms with van der Waals surface area (Å²) in [6, 6.07) is 12.3. The van der Waals surface area contributed by atoms with Crippen molar-refractivity contribution in [2.45, 2.75) is 33.2 Å². The van der Waals surface area contributed by atoms with Crippen LogP contribution < -0.4 is 9.64 Å². The first-order chi connectivity index (χ1) is 16.6. The quantitative estimate of drug-likeness (QED) is 0.233. The number of aryl methyl sites for hydroxylation is 1. The van der Waals surface area contributed by atoms with Crippen LogP contribution in [0.5, 0.6) is 5.75 Å². The number of carbonyl (C=O) groups is 2. The number of rotatable bonds is 10. The fourth-order valence-electron chi connectivity index (χ4n) is 4.16. The third-order valence-corrected chi connectivity index (χ3v) is 6.03. The molecule has 7 nitrogen and oxygen atoms in total. The number of benzene rings is 2. The summed E-state index contributed by atoms with van der Waals surface area (Å²) in [6.45, 7) is 7.44. The zero-order chi connectivity index (χ0) is 25.7. The van der Waals surface area contributed by atoms with E-state index in [9.17, 15) is 14.7 Å². The number of ketones is 1. The lowest BCUT2D eigenvalue weighted by molar-refractivity contribution is -0.140. The van der Waals surface area contributed by atoms with Gasteiger partial charge < -0.3 is 24.4 Å². The van der Waals surface area contributed by atoms with Crippen LogP contribution in [-0.2, 0) is 14.3 Å². The fourth-order valence-corrected chi connectivity index (χ4v) is 4.16. The van der Waals surface area contributed by atoms with E-state index in [1.54, 1.807) is 25.3 Å². The molecule has 35 heavy (non-hydrogen) atoms. The van der Waals surface area contributed by atoms with Gasteiger partial charge in [-0.05, 0) is 60.7 Å². The van der Waals surface area contributed by atoms with E-state index >= 15 is 0 Å². The van der Waals surface area contributed by atoms with Crippen LogP contribution in [0.15, 0.2) is 48.0 Å². The standard InChI is InChI=1S/C28H36N2O5/c1-18(2)17-35-23-13-10-21(16-19(23)3)26(31)24-25(20-8-11-22(12-9-20)29(4)5)30(14-7-15-34-6)28(33)27(24)32/h8-13,16,18,25,31H,7,14-15,17H2,1-6H3/b26-24-. The molecule has 188 valence electrons. The predicted octanol–water partition coefficient (Wildman–Crippen LogP) is 4.55. The fraction of sp³-hybridized carbons (Fsp3) is 0.429. The number of hydrogen-bond donors (Lipinski definition) is 1. The Balaban J connectivity index is 2.06. The molecule has 2 aromatic carbocycles. The number of carbonyl (C=O) groups excluding carboxylic acids is 2. The number of anilines is 1.